The van der Waals surface area contributed by atoms with Crippen LogP contribution in [0.5, 0.6) is 0 Å². The molecule has 1 N–H and O–H groups in total. The number of carbonyl (C=O) groups is 2. The fourth-order valence-corrected chi connectivity index (χ4v) is 6.13. The Balaban J connectivity index is 1.95. The van der Waals surface area contributed by atoms with Crippen LogP contribution in [0.2, 0.25) is 15.1 Å². The first kappa shape index (κ1) is 30.5. The monoisotopic (exact) mass is 601 g/mol. The number of sulfonamides is 1. The smallest absolute Gasteiger partial charge is 0.244 e. The van der Waals surface area contributed by atoms with Gasteiger partial charge in [-0.2, -0.15) is 0 Å². The van der Waals surface area contributed by atoms with Gasteiger partial charge in [0.15, 0.2) is 0 Å². The van der Waals surface area contributed by atoms with E-state index in [-0.39, 0.29) is 24.2 Å². The number of halogens is 3. The maximum absolute atomic E-state index is 13.8. The topological polar surface area (TPSA) is 86.8 Å². The summed E-state index contributed by atoms with van der Waals surface area (Å²) in [5.41, 5.74) is 1.64. The Kier molecular flexibility index (Phi) is 10.7. The molecule has 11 heteroatoms. The van der Waals surface area contributed by atoms with E-state index in [4.69, 9.17) is 34.8 Å². The third-order valence-electron chi connectivity index (χ3n) is 6.82. The lowest BCUT2D eigenvalue weighted by molar-refractivity contribution is -0.140. The lowest BCUT2D eigenvalue weighted by Crippen LogP contribution is -2.54. The molecule has 38 heavy (non-hydrogen) atoms. The van der Waals surface area contributed by atoms with Crippen LogP contribution in [0.15, 0.2) is 36.4 Å². The van der Waals surface area contributed by atoms with E-state index in [1.54, 1.807) is 37.3 Å². The fraction of sp³-hybridized carbons (Fsp3) is 0.481. The molecular formula is C27H34Cl3N3O4S. The normalized spacial score (nSPS) is 15.1. The van der Waals surface area contributed by atoms with E-state index < -0.39 is 28.5 Å². The number of nitrogens with zero attached hydrogens (tertiary/aromatic N) is 2. The predicted molar refractivity (Wildman–Crippen MR) is 154 cm³/mol. The van der Waals surface area contributed by atoms with Crippen LogP contribution in [0, 0.1) is 6.92 Å². The van der Waals surface area contributed by atoms with Crippen molar-refractivity contribution in [1.82, 2.24) is 10.2 Å². The second kappa shape index (κ2) is 13.4. The number of nitrogens with one attached hydrogen (secondary N) is 1. The summed E-state index contributed by atoms with van der Waals surface area (Å²) in [5, 5.41) is 4.28. The number of rotatable bonds is 10. The zero-order chi connectivity index (χ0) is 28.0. The molecule has 1 fully saturated rings. The second-order valence-corrected chi connectivity index (χ2v) is 12.9. The Hall–Kier alpha value is -2.00. The van der Waals surface area contributed by atoms with Gasteiger partial charge in [0.05, 0.1) is 11.9 Å². The molecule has 0 saturated heterocycles. The van der Waals surface area contributed by atoms with E-state index in [9.17, 15) is 18.0 Å². The average molecular weight is 603 g/mol. The molecule has 0 unspecified atom stereocenters. The van der Waals surface area contributed by atoms with Gasteiger partial charge in [0, 0.05) is 27.7 Å². The van der Waals surface area contributed by atoms with Crippen LogP contribution in [-0.4, -0.2) is 50.0 Å². The standard InChI is InChI=1S/C27H34Cl3N3O4S/c1-4-25(27(35)31-21-8-6-5-7-9-21)32(16-19-11-12-20(28)14-24(19)30)26(34)17-33(38(3,36)37)22-13-10-18(2)23(29)15-22/h10-15,21,25H,4-9,16-17H2,1-3H3,(H,31,35)/t25-/m1/s1. The minimum absolute atomic E-state index is 0.0116. The highest BCUT2D eigenvalue weighted by molar-refractivity contribution is 7.92. The van der Waals surface area contributed by atoms with Crippen molar-refractivity contribution in [2.24, 2.45) is 0 Å². The summed E-state index contributed by atoms with van der Waals surface area (Å²) in [6.07, 6.45) is 6.41. The van der Waals surface area contributed by atoms with E-state index in [1.807, 2.05) is 6.92 Å². The number of amides is 2. The van der Waals surface area contributed by atoms with Crippen molar-refractivity contribution in [3.05, 3.63) is 62.6 Å². The summed E-state index contributed by atoms with van der Waals surface area (Å²) < 4.78 is 26.5. The molecule has 3 rings (SSSR count). The van der Waals surface area contributed by atoms with E-state index in [0.717, 1.165) is 48.2 Å². The molecular weight excluding hydrogens is 569 g/mol. The zero-order valence-corrected chi connectivity index (χ0v) is 24.9. The van der Waals surface area contributed by atoms with Gasteiger partial charge >= 0.3 is 0 Å². The minimum Gasteiger partial charge on any atom is -0.352 e. The quantitative estimate of drug-likeness (QED) is 0.363. The van der Waals surface area contributed by atoms with Crippen molar-refractivity contribution in [2.75, 3.05) is 17.1 Å². The van der Waals surface area contributed by atoms with Gasteiger partial charge in [-0.15, -0.1) is 0 Å². The summed E-state index contributed by atoms with van der Waals surface area (Å²) in [6.45, 7) is 3.13. The van der Waals surface area contributed by atoms with Gasteiger partial charge < -0.3 is 10.2 Å². The first-order valence-electron chi connectivity index (χ1n) is 12.7. The highest BCUT2D eigenvalue weighted by atomic mass is 35.5. The van der Waals surface area contributed by atoms with Gasteiger partial charge in [-0.1, -0.05) is 73.1 Å². The van der Waals surface area contributed by atoms with Crippen molar-refractivity contribution >= 4 is 62.3 Å². The Labute approximate surface area is 240 Å². The summed E-state index contributed by atoms with van der Waals surface area (Å²) >= 11 is 18.7. The molecule has 0 spiro atoms. The summed E-state index contributed by atoms with van der Waals surface area (Å²) in [6, 6.07) is 8.97. The van der Waals surface area contributed by atoms with Crippen LogP contribution in [0.25, 0.3) is 0 Å². The van der Waals surface area contributed by atoms with E-state index in [0.29, 0.717) is 27.1 Å². The third-order valence-corrected chi connectivity index (χ3v) is 8.95. The maximum Gasteiger partial charge on any atom is 0.244 e. The molecule has 1 aliphatic carbocycles. The molecule has 7 nitrogen and oxygen atoms in total. The lowest BCUT2D eigenvalue weighted by atomic mass is 9.95. The van der Waals surface area contributed by atoms with Gasteiger partial charge in [-0.05, 0) is 61.6 Å². The first-order chi connectivity index (χ1) is 17.9. The van der Waals surface area contributed by atoms with Gasteiger partial charge in [-0.25, -0.2) is 8.42 Å². The molecule has 2 aromatic rings. The van der Waals surface area contributed by atoms with Crippen LogP contribution < -0.4 is 9.62 Å². The van der Waals surface area contributed by atoms with Crippen molar-refractivity contribution < 1.29 is 18.0 Å². The molecule has 2 aromatic carbocycles. The SMILES string of the molecule is CC[C@H](C(=O)NC1CCCCC1)N(Cc1ccc(Cl)cc1Cl)C(=O)CN(c1ccc(C)c(Cl)c1)S(C)(=O)=O. The fourth-order valence-electron chi connectivity index (χ4n) is 4.65. The third kappa shape index (κ3) is 8.01. The van der Waals surface area contributed by atoms with E-state index in [2.05, 4.69) is 5.32 Å². The average Bonchev–Trinajstić information content (AvgIpc) is 2.85. The molecule has 0 aliphatic heterocycles. The maximum atomic E-state index is 13.8. The van der Waals surface area contributed by atoms with Crippen molar-refractivity contribution in [3.63, 3.8) is 0 Å². The second-order valence-electron chi connectivity index (χ2n) is 9.73. The van der Waals surface area contributed by atoms with Crippen LogP contribution in [0.3, 0.4) is 0 Å². The molecule has 0 heterocycles. The van der Waals surface area contributed by atoms with Crippen molar-refractivity contribution in [2.45, 2.75) is 71.0 Å². The first-order valence-corrected chi connectivity index (χ1v) is 15.7. The van der Waals surface area contributed by atoms with Crippen molar-refractivity contribution in [1.29, 1.82) is 0 Å². The Bertz CT molecular complexity index is 1270. The Morgan fingerprint density at radius 3 is 2.29 bits per heavy atom. The van der Waals surface area contributed by atoms with Crippen molar-refractivity contribution in [3.8, 4) is 0 Å². The number of hydrogen-bond donors (Lipinski definition) is 1. The summed E-state index contributed by atoms with van der Waals surface area (Å²) in [5.74, 6) is -0.800. The van der Waals surface area contributed by atoms with Crippen LogP contribution in [0.4, 0.5) is 5.69 Å². The molecule has 1 saturated carbocycles. The van der Waals surface area contributed by atoms with Gasteiger partial charge in [0.1, 0.15) is 12.6 Å². The van der Waals surface area contributed by atoms with E-state index >= 15 is 0 Å². The molecule has 1 atom stereocenters. The summed E-state index contributed by atoms with van der Waals surface area (Å²) in [4.78, 5) is 28.7. The highest BCUT2D eigenvalue weighted by Crippen LogP contribution is 2.27. The van der Waals surface area contributed by atoms with Gasteiger partial charge in [-0.3, -0.25) is 13.9 Å². The van der Waals surface area contributed by atoms with Gasteiger partial charge in [0.25, 0.3) is 0 Å². The number of carbonyl (C=O) groups excluding carboxylic acids is 2. The van der Waals surface area contributed by atoms with E-state index in [1.165, 1.54) is 11.0 Å². The molecule has 208 valence electrons. The number of hydrogen-bond acceptors (Lipinski definition) is 4. The lowest BCUT2D eigenvalue weighted by Gasteiger charge is -2.34. The predicted octanol–water partition coefficient (Wildman–Crippen LogP) is 5.98. The van der Waals surface area contributed by atoms with Crippen LogP contribution in [0.1, 0.15) is 56.6 Å². The summed E-state index contributed by atoms with van der Waals surface area (Å²) in [7, 11) is -3.86. The number of anilines is 1. The molecule has 2 amide bonds. The molecule has 0 bridgehead atoms. The highest BCUT2D eigenvalue weighted by Gasteiger charge is 2.33. The largest absolute Gasteiger partial charge is 0.352 e. The number of aryl methyl sites for hydroxylation is 1. The molecule has 1 aliphatic rings. The Morgan fingerprint density at radius 2 is 1.71 bits per heavy atom. The molecule has 0 radical (unpaired) electrons. The number of benzene rings is 2. The Morgan fingerprint density at radius 1 is 1.03 bits per heavy atom. The zero-order valence-electron chi connectivity index (χ0n) is 21.8. The van der Waals surface area contributed by atoms with Crippen LogP contribution in [-0.2, 0) is 26.2 Å². The van der Waals surface area contributed by atoms with Crippen LogP contribution >= 0.6 is 34.8 Å². The van der Waals surface area contributed by atoms with Gasteiger partial charge in [0.2, 0.25) is 21.8 Å². The molecule has 0 aromatic heterocycles. The minimum atomic E-state index is -3.86.